The Labute approximate surface area is 167 Å². The maximum absolute atomic E-state index is 12.9. The Kier molecular flexibility index (Phi) is 7.39. The van der Waals surface area contributed by atoms with E-state index in [1.54, 1.807) is 17.3 Å². The van der Waals surface area contributed by atoms with Gasteiger partial charge in [0.2, 0.25) is 0 Å². The number of carbonyl (C=O) groups is 1. The molecule has 1 aliphatic rings. The molecule has 1 fully saturated rings. The molecule has 1 saturated heterocycles. The van der Waals surface area contributed by atoms with E-state index in [9.17, 15) is 4.79 Å². The Hall–Kier alpha value is -2.44. The minimum atomic E-state index is -0.196. The van der Waals surface area contributed by atoms with Crippen molar-refractivity contribution >= 4 is 6.03 Å². The summed E-state index contributed by atoms with van der Waals surface area (Å²) < 4.78 is 5.38. The average molecular weight is 383 g/mol. The van der Waals surface area contributed by atoms with Crippen LogP contribution in [0, 0.1) is 6.92 Å². The molecule has 6 heteroatoms. The summed E-state index contributed by atoms with van der Waals surface area (Å²) in [4.78, 5) is 21.1. The van der Waals surface area contributed by atoms with E-state index in [2.05, 4.69) is 34.3 Å². The van der Waals surface area contributed by atoms with E-state index in [-0.39, 0.29) is 12.1 Å². The summed E-state index contributed by atoms with van der Waals surface area (Å²) in [6.07, 6.45) is 4.48. The summed E-state index contributed by atoms with van der Waals surface area (Å²) >= 11 is 0. The van der Waals surface area contributed by atoms with E-state index in [0.717, 1.165) is 62.5 Å². The number of rotatable bonds is 7. The highest BCUT2D eigenvalue weighted by molar-refractivity contribution is 5.75. The predicted molar refractivity (Wildman–Crippen MR) is 110 cm³/mol. The van der Waals surface area contributed by atoms with Gasteiger partial charge < -0.3 is 15.0 Å². The third-order valence-electron chi connectivity index (χ3n) is 5.22. The van der Waals surface area contributed by atoms with Crippen molar-refractivity contribution in [1.29, 1.82) is 0 Å². The topological polar surface area (TPSA) is 57.7 Å². The molecular formula is C22H30N4O2. The summed E-state index contributed by atoms with van der Waals surface area (Å²) in [5.74, 6) is 0. The Morgan fingerprint density at radius 1 is 1.21 bits per heavy atom. The number of carbonyl (C=O) groups excluding carboxylic acids is 1. The molecule has 0 radical (unpaired) electrons. The first-order valence-corrected chi connectivity index (χ1v) is 9.92. The molecule has 28 heavy (non-hydrogen) atoms. The van der Waals surface area contributed by atoms with Crippen LogP contribution in [0.1, 0.15) is 29.2 Å². The average Bonchev–Trinajstić information content (AvgIpc) is 2.74. The summed E-state index contributed by atoms with van der Waals surface area (Å²) in [5.41, 5.74) is 3.28. The lowest BCUT2D eigenvalue weighted by Gasteiger charge is -2.28. The molecule has 0 bridgehead atoms. The number of aromatic nitrogens is 1. The van der Waals surface area contributed by atoms with E-state index < -0.39 is 0 Å². The van der Waals surface area contributed by atoms with Crippen LogP contribution >= 0.6 is 0 Å². The van der Waals surface area contributed by atoms with Crippen LogP contribution in [0.2, 0.25) is 0 Å². The highest BCUT2D eigenvalue weighted by atomic mass is 16.5. The lowest BCUT2D eigenvalue weighted by atomic mass is 9.96. The van der Waals surface area contributed by atoms with Crippen molar-refractivity contribution in [3.8, 4) is 0 Å². The zero-order valence-corrected chi connectivity index (χ0v) is 16.8. The van der Waals surface area contributed by atoms with Gasteiger partial charge in [-0.1, -0.05) is 24.3 Å². The molecule has 1 aromatic heterocycles. The number of ether oxygens (including phenoxy) is 1. The normalized spacial score (nSPS) is 15.8. The van der Waals surface area contributed by atoms with Crippen LogP contribution in [0.5, 0.6) is 0 Å². The largest absolute Gasteiger partial charge is 0.379 e. The number of hydrogen-bond acceptors (Lipinski definition) is 4. The molecule has 2 aromatic rings. The van der Waals surface area contributed by atoms with Gasteiger partial charge in [0.1, 0.15) is 0 Å². The zero-order valence-electron chi connectivity index (χ0n) is 16.8. The van der Waals surface area contributed by atoms with E-state index in [0.29, 0.717) is 0 Å². The summed E-state index contributed by atoms with van der Waals surface area (Å²) in [7, 11) is 1.86. The van der Waals surface area contributed by atoms with Crippen molar-refractivity contribution in [2.24, 2.45) is 0 Å². The fraction of sp³-hybridized carbons (Fsp3) is 0.455. The van der Waals surface area contributed by atoms with Crippen LogP contribution in [0.25, 0.3) is 0 Å². The quantitative estimate of drug-likeness (QED) is 0.800. The van der Waals surface area contributed by atoms with Crippen LogP contribution < -0.4 is 5.32 Å². The summed E-state index contributed by atoms with van der Waals surface area (Å²) in [6, 6.07) is 11.8. The number of hydrogen-bond donors (Lipinski definition) is 1. The highest BCUT2D eigenvalue weighted by Gasteiger charge is 2.20. The molecule has 6 nitrogen and oxygen atoms in total. The lowest BCUT2D eigenvalue weighted by molar-refractivity contribution is 0.0367. The molecule has 0 aliphatic carbocycles. The van der Waals surface area contributed by atoms with E-state index >= 15 is 0 Å². The molecule has 1 N–H and O–H groups in total. The van der Waals surface area contributed by atoms with Crippen LogP contribution in [0.15, 0.2) is 48.8 Å². The first-order chi connectivity index (χ1) is 13.6. The van der Waals surface area contributed by atoms with Crippen molar-refractivity contribution in [1.82, 2.24) is 20.1 Å². The van der Waals surface area contributed by atoms with Crippen molar-refractivity contribution in [2.75, 3.05) is 46.4 Å². The summed E-state index contributed by atoms with van der Waals surface area (Å²) in [6.45, 7) is 7.36. The first-order valence-electron chi connectivity index (χ1n) is 9.92. The highest BCUT2D eigenvalue weighted by Crippen LogP contribution is 2.24. The van der Waals surface area contributed by atoms with Gasteiger partial charge in [0.25, 0.3) is 0 Å². The molecule has 0 spiro atoms. The van der Waals surface area contributed by atoms with Gasteiger partial charge in [-0.25, -0.2) is 4.79 Å². The van der Waals surface area contributed by atoms with Gasteiger partial charge in [0.15, 0.2) is 0 Å². The molecule has 2 heterocycles. The minimum absolute atomic E-state index is 0.0629. The fourth-order valence-corrected chi connectivity index (χ4v) is 3.50. The standard InChI is InChI=1S/C22H30N4O2/c1-18-6-3-4-7-20(18)21(19-8-10-23-11-9-19)24-22(27)25(2)12-5-13-26-14-16-28-17-15-26/h3-4,6-11,21H,5,12-17H2,1-2H3,(H,24,27)/t21-/m1/s1. The van der Waals surface area contributed by atoms with Crippen molar-refractivity contribution < 1.29 is 9.53 Å². The van der Waals surface area contributed by atoms with Gasteiger partial charge in [0, 0.05) is 45.6 Å². The SMILES string of the molecule is Cc1ccccc1[C@H](NC(=O)N(C)CCCN1CCOCC1)c1ccncc1. The molecule has 0 saturated carbocycles. The second-order valence-electron chi connectivity index (χ2n) is 7.25. The van der Waals surface area contributed by atoms with Crippen LogP contribution in [-0.4, -0.2) is 67.3 Å². The lowest BCUT2D eigenvalue weighted by Crippen LogP contribution is -2.42. The maximum atomic E-state index is 12.9. The van der Waals surface area contributed by atoms with Gasteiger partial charge in [-0.3, -0.25) is 9.88 Å². The van der Waals surface area contributed by atoms with Crippen LogP contribution in [-0.2, 0) is 4.74 Å². The Morgan fingerprint density at radius 3 is 2.64 bits per heavy atom. The molecule has 2 amide bonds. The number of amides is 2. The maximum Gasteiger partial charge on any atom is 0.317 e. The minimum Gasteiger partial charge on any atom is -0.379 e. The number of pyridine rings is 1. The van der Waals surface area contributed by atoms with Gasteiger partial charge in [-0.2, -0.15) is 0 Å². The molecular weight excluding hydrogens is 352 g/mol. The van der Waals surface area contributed by atoms with E-state index in [1.165, 1.54) is 0 Å². The number of morpholine rings is 1. The molecule has 150 valence electrons. The second-order valence-corrected chi connectivity index (χ2v) is 7.25. The van der Waals surface area contributed by atoms with E-state index in [1.807, 2.05) is 31.3 Å². The van der Waals surface area contributed by atoms with Crippen molar-refractivity contribution in [3.63, 3.8) is 0 Å². The molecule has 1 atom stereocenters. The zero-order chi connectivity index (χ0) is 19.8. The molecule has 1 aromatic carbocycles. The van der Waals surface area contributed by atoms with Crippen molar-refractivity contribution in [2.45, 2.75) is 19.4 Å². The Morgan fingerprint density at radius 2 is 1.93 bits per heavy atom. The molecule has 0 unspecified atom stereocenters. The number of benzene rings is 1. The second kappa shape index (κ2) is 10.2. The van der Waals surface area contributed by atoms with Gasteiger partial charge in [-0.15, -0.1) is 0 Å². The number of nitrogens with one attached hydrogen (secondary N) is 1. The van der Waals surface area contributed by atoms with Gasteiger partial charge in [0.05, 0.1) is 19.3 Å². The van der Waals surface area contributed by atoms with Crippen molar-refractivity contribution in [3.05, 3.63) is 65.5 Å². The molecule has 1 aliphatic heterocycles. The monoisotopic (exact) mass is 382 g/mol. The molecule has 3 rings (SSSR count). The smallest absolute Gasteiger partial charge is 0.317 e. The summed E-state index contributed by atoms with van der Waals surface area (Å²) in [5, 5.41) is 3.20. The van der Waals surface area contributed by atoms with Gasteiger partial charge >= 0.3 is 6.03 Å². The number of aryl methyl sites for hydroxylation is 1. The van der Waals surface area contributed by atoms with E-state index in [4.69, 9.17) is 4.74 Å². The van der Waals surface area contributed by atoms with Crippen LogP contribution in [0.3, 0.4) is 0 Å². The number of nitrogens with zero attached hydrogens (tertiary/aromatic N) is 3. The van der Waals surface area contributed by atoms with Crippen LogP contribution in [0.4, 0.5) is 4.79 Å². The third-order valence-corrected chi connectivity index (χ3v) is 5.22. The Balaban J connectivity index is 1.61. The third kappa shape index (κ3) is 5.53. The number of urea groups is 1. The predicted octanol–water partition coefficient (Wildman–Crippen LogP) is 2.84. The van der Waals surface area contributed by atoms with Gasteiger partial charge in [-0.05, 0) is 42.2 Å². The fourth-order valence-electron chi connectivity index (χ4n) is 3.50. The first kappa shape index (κ1) is 20.3. The Bertz CT molecular complexity index is 747.